The summed E-state index contributed by atoms with van der Waals surface area (Å²) in [6.07, 6.45) is -4.74. The SMILES string of the molecule is NCc1ccc(C2=NCC(c3cc(Cl)cc(Cl)c3)(C(F)(F)F)C2)cc1. The maximum atomic E-state index is 14.0. The molecular weight excluding hydrogens is 372 g/mol. The first kappa shape index (κ1) is 18.2. The Morgan fingerprint density at radius 2 is 1.64 bits per heavy atom. The van der Waals surface area contributed by atoms with Crippen molar-refractivity contribution in [3.8, 4) is 0 Å². The monoisotopic (exact) mass is 386 g/mol. The van der Waals surface area contributed by atoms with Gasteiger partial charge in [-0.3, -0.25) is 4.99 Å². The van der Waals surface area contributed by atoms with Gasteiger partial charge in [-0.1, -0.05) is 47.5 Å². The maximum absolute atomic E-state index is 14.0. The smallest absolute Gasteiger partial charge is 0.326 e. The van der Waals surface area contributed by atoms with Crippen molar-refractivity contribution in [1.29, 1.82) is 0 Å². The lowest BCUT2D eigenvalue weighted by molar-refractivity contribution is -0.183. The van der Waals surface area contributed by atoms with Crippen LogP contribution >= 0.6 is 23.2 Å². The summed E-state index contributed by atoms with van der Waals surface area (Å²) in [6.45, 7) is -0.0125. The van der Waals surface area contributed by atoms with E-state index < -0.39 is 11.6 Å². The Hall–Kier alpha value is -1.56. The predicted molar refractivity (Wildman–Crippen MR) is 94.5 cm³/mol. The molecule has 0 fully saturated rings. The van der Waals surface area contributed by atoms with Crippen LogP contribution < -0.4 is 5.73 Å². The molecule has 1 aliphatic heterocycles. The highest BCUT2D eigenvalue weighted by atomic mass is 35.5. The number of aliphatic imine (C=N–C) groups is 1. The molecule has 0 spiro atoms. The fraction of sp³-hybridized carbons (Fsp3) is 0.278. The Labute approximate surface area is 153 Å². The van der Waals surface area contributed by atoms with Crippen LogP contribution in [0.4, 0.5) is 13.2 Å². The largest absolute Gasteiger partial charge is 0.400 e. The molecular formula is C18H15Cl2F3N2. The number of benzene rings is 2. The van der Waals surface area contributed by atoms with Gasteiger partial charge < -0.3 is 5.73 Å². The number of alkyl halides is 3. The molecule has 1 atom stereocenters. The molecule has 1 heterocycles. The van der Waals surface area contributed by atoms with Gasteiger partial charge in [0.05, 0.1) is 6.54 Å². The lowest BCUT2D eigenvalue weighted by atomic mass is 9.76. The minimum Gasteiger partial charge on any atom is -0.326 e. The quantitative estimate of drug-likeness (QED) is 0.778. The topological polar surface area (TPSA) is 38.4 Å². The highest BCUT2D eigenvalue weighted by Gasteiger charge is 2.58. The molecule has 0 aromatic heterocycles. The lowest BCUT2D eigenvalue weighted by Crippen LogP contribution is -2.43. The summed E-state index contributed by atoms with van der Waals surface area (Å²) in [5.74, 6) is 0. The summed E-state index contributed by atoms with van der Waals surface area (Å²) in [5.41, 5.74) is 5.45. The van der Waals surface area contributed by atoms with E-state index in [4.69, 9.17) is 28.9 Å². The zero-order chi connectivity index (χ0) is 18.2. The second kappa shape index (κ2) is 6.63. The summed E-state index contributed by atoms with van der Waals surface area (Å²) in [6, 6.07) is 11.1. The molecule has 2 nitrogen and oxygen atoms in total. The van der Waals surface area contributed by atoms with Crippen LogP contribution in [0, 0.1) is 0 Å². The Balaban J connectivity index is 2.00. The average molecular weight is 387 g/mol. The lowest BCUT2D eigenvalue weighted by Gasteiger charge is -2.31. The third kappa shape index (κ3) is 3.41. The molecule has 0 saturated heterocycles. The van der Waals surface area contributed by atoms with Gasteiger partial charge in [-0.2, -0.15) is 13.2 Å². The van der Waals surface area contributed by atoms with Gasteiger partial charge in [-0.15, -0.1) is 0 Å². The molecule has 3 rings (SSSR count). The van der Waals surface area contributed by atoms with Gasteiger partial charge in [-0.05, 0) is 34.9 Å². The van der Waals surface area contributed by atoms with Gasteiger partial charge in [-0.25, -0.2) is 0 Å². The van der Waals surface area contributed by atoms with Gasteiger partial charge in [0.25, 0.3) is 0 Å². The fourth-order valence-electron chi connectivity index (χ4n) is 3.03. The van der Waals surface area contributed by atoms with E-state index in [0.717, 1.165) is 5.56 Å². The summed E-state index contributed by atoms with van der Waals surface area (Å²) in [7, 11) is 0. The van der Waals surface area contributed by atoms with Crippen LogP contribution in [0.5, 0.6) is 0 Å². The van der Waals surface area contributed by atoms with Crippen molar-refractivity contribution in [3.63, 3.8) is 0 Å². The van der Waals surface area contributed by atoms with Crippen LogP contribution in [0.15, 0.2) is 47.5 Å². The van der Waals surface area contributed by atoms with E-state index in [1.54, 1.807) is 24.3 Å². The number of hydrogen-bond donors (Lipinski definition) is 1. The first-order valence-corrected chi connectivity index (χ1v) is 8.37. The van der Waals surface area contributed by atoms with E-state index in [2.05, 4.69) is 4.99 Å². The zero-order valence-corrected chi connectivity index (χ0v) is 14.6. The molecule has 0 amide bonds. The molecule has 7 heteroatoms. The molecule has 2 N–H and O–H groups in total. The number of nitrogens with two attached hydrogens (primary N) is 1. The Kier molecular flexibility index (Phi) is 4.84. The third-order valence-electron chi connectivity index (χ3n) is 4.49. The van der Waals surface area contributed by atoms with Crippen LogP contribution in [-0.4, -0.2) is 18.4 Å². The Morgan fingerprint density at radius 1 is 1.04 bits per heavy atom. The third-order valence-corrected chi connectivity index (χ3v) is 4.93. The Morgan fingerprint density at radius 3 is 2.16 bits per heavy atom. The molecule has 132 valence electrons. The molecule has 1 unspecified atom stereocenters. The van der Waals surface area contributed by atoms with Crippen molar-refractivity contribution in [3.05, 3.63) is 69.2 Å². The summed E-state index contributed by atoms with van der Waals surface area (Å²) in [4.78, 5) is 4.20. The maximum Gasteiger partial charge on any atom is 0.400 e. The van der Waals surface area contributed by atoms with Crippen molar-refractivity contribution >= 4 is 28.9 Å². The van der Waals surface area contributed by atoms with Gasteiger partial charge in [0.2, 0.25) is 0 Å². The van der Waals surface area contributed by atoms with Crippen molar-refractivity contribution in [1.82, 2.24) is 0 Å². The second-order valence-electron chi connectivity index (χ2n) is 6.08. The number of halogens is 5. The number of hydrogen-bond acceptors (Lipinski definition) is 2. The van der Waals surface area contributed by atoms with Crippen LogP contribution in [-0.2, 0) is 12.0 Å². The fourth-order valence-corrected chi connectivity index (χ4v) is 3.56. The van der Waals surface area contributed by atoms with Crippen molar-refractivity contribution in [2.75, 3.05) is 6.54 Å². The van der Waals surface area contributed by atoms with Gasteiger partial charge in [0.15, 0.2) is 0 Å². The second-order valence-corrected chi connectivity index (χ2v) is 6.95. The minimum atomic E-state index is -4.48. The summed E-state index contributed by atoms with van der Waals surface area (Å²) >= 11 is 11.9. The molecule has 2 aromatic rings. The van der Waals surface area contributed by atoms with E-state index in [1.807, 2.05) is 0 Å². The van der Waals surface area contributed by atoms with E-state index in [1.165, 1.54) is 18.2 Å². The summed E-state index contributed by atoms with van der Waals surface area (Å²) < 4.78 is 42.0. The van der Waals surface area contributed by atoms with Gasteiger partial charge >= 0.3 is 6.18 Å². The average Bonchev–Trinajstić information content (AvgIpc) is 3.00. The van der Waals surface area contributed by atoms with Crippen LogP contribution in [0.25, 0.3) is 0 Å². The van der Waals surface area contributed by atoms with Crippen LogP contribution in [0.2, 0.25) is 10.0 Å². The van der Waals surface area contributed by atoms with Crippen molar-refractivity contribution < 1.29 is 13.2 Å². The van der Waals surface area contributed by atoms with E-state index in [9.17, 15) is 13.2 Å². The zero-order valence-electron chi connectivity index (χ0n) is 13.1. The highest BCUT2D eigenvalue weighted by Crippen LogP contribution is 2.48. The molecule has 0 aliphatic carbocycles. The molecule has 0 radical (unpaired) electrons. The highest BCUT2D eigenvalue weighted by molar-refractivity contribution is 6.34. The van der Waals surface area contributed by atoms with E-state index in [-0.39, 0.29) is 28.6 Å². The van der Waals surface area contributed by atoms with E-state index >= 15 is 0 Å². The van der Waals surface area contributed by atoms with Crippen LogP contribution in [0.1, 0.15) is 23.1 Å². The molecule has 0 bridgehead atoms. The van der Waals surface area contributed by atoms with Gasteiger partial charge in [0, 0.05) is 28.7 Å². The standard InChI is InChI=1S/C18H15Cl2F3N2/c19-14-5-13(6-15(20)7-14)17(18(21,22)23)8-16(25-10-17)12-3-1-11(9-24)2-4-12/h1-7H,8-10,24H2. The first-order valence-electron chi connectivity index (χ1n) is 7.61. The first-order chi connectivity index (χ1) is 11.7. The predicted octanol–water partition coefficient (Wildman–Crippen LogP) is 5.15. The van der Waals surface area contributed by atoms with Gasteiger partial charge in [0.1, 0.15) is 5.41 Å². The summed E-state index contributed by atoms with van der Waals surface area (Å²) in [5, 5.41) is 0.346. The minimum absolute atomic E-state index is 0.0369. The van der Waals surface area contributed by atoms with Crippen molar-refractivity contribution in [2.24, 2.45) is 10.7 Å². The molecule has 0 saturated carbocycles. The molecule has 2 aromatic carbocycles. The van der Waals surface area contributed by atoms with Crippen LogP contribution in [0.3, 0.4) is 0 Å². The molecule has 1 aliphatic rings. The van der Waals surface area contributed by atoms with Crippen molar-refractivity contribution in [2.45, 2.75) is 24.6 Å². The number of rotatable bonds is 3. The molecule has 25 heavy (non-hydrogen) atoms. The number of nitrogens with zero attached hydrogens (tertiary/aromatic N) is 1. The van der Waals surface area contributed by atoms with E-state index in [0.29, 0.717) is 17.8 Å². The Bertz CT molecular complexity index is 796. The normalized spacial score (nSPS) is 20.6.